The van der Waals surface area contributed by atoms with Crippen LogP contribution in [0.3, 0.4) is 0 Å². The molecule has 0 radical (unpaired) electrons. The SMILES string of the molecule is O=S(=O)(c1ccc2[nH]ncc2c1)[C@H]1CCNC1. The fourth-order valence-electron chi connectivity index (χ4n) is 2.18. The summed E-state index contributed by atoms with van der Waals surface area (Å²) in [6.07, 6.45) is 2.33. The van der Waals surface area contributed by atoms with Crippen LogP contribution in [0.15, 0.2) is 29.3 Å². The minimum Gasteiger partial charge on any atom is -0.315 e. The molecule has 0 saturated carbocycles. The maximum absolute atomic E-state index is 12.3. The molecule has 0 amide bonds. The van der Waals surface area contributed by atoms with E-state index in [2.05, 4.69) is 15.5 Å². The van der Waals surface area contributed by atoms with E-state index < -0.39 is 9.84 Å². The van der Waals surface area contributed by atoms with Crippen molar-refractivity contribution in [3.05, 3.63) is 24.4 Å². The Kier molecular flexibility index (Phi) is 2.41. The first-order chi connectivity index (χ1) is 8.18. The molecule has 1 aliphatic rings. The molecule has 1 aliphatic heterocycles. The van der Waals surface area contributed by atoms with Gasteiger partial charge in [0.1, 0.15) is 0 Å². The Hall–Kier alpha value is -1.40. The van der Waals surface area contributed by atoms with Crippen molar-refractivity contribution in [1.29, 1.82) is 0 Å². The third kappa shape index (κ3) is 1.73. The van der Waals surface area contributed by atoms with Gasteiger partial charge in [-0.1, -0.05) is 0 Å². The highest BCUT2D eigenvalue weighted by Crippen LogP contribution is 2.23. The number of rotatable bonds is 2. The van der Waals surface area contributed by atoms with Gasteiger partial charge < -0.3 is 5.32 Å². The lowest BCUT2D eigenvalue weighted by Gasteiger charge is -2.10. The van der Waals surface area contributed by atoms with Crippen molar-refractivity contribution in [2.75, 3.05) is 13.1 Å². The summed E-state index contributed by atoms with van der Waals surface area (Å²) in [5, 5.41) is 10.3. The number of hydrogen-bond donors (Lipinski definition) is 2. The molecule has 1 fully saturated rings. The maximum atomic E-state index is 12.3. The van der Waals surface area contributed by atoms with E-state index in [1.165, 1.54) is 0 Å². The Morgan fingerprint density at radius 3 is 3.00 bits per heavy atom. The number of aromatic nitrogens is 2. The normalized spacial score (nSPS) is 21.1. The maximum Gasteiger partial charge on any atom is 0.182 e. The largest absolute Gasteiger partial charge is 0.315 e. The first-order valence-corrected chi connectivity index (χ1v) is 7.10. The van der Waals surface area contributed by atoms with Crippen LogP contribution in [0.25, 0.3) is 10.9 Å². The van der Waals surface area contributed by atoms with Gasteiger partial charge in [-0.2, -0.15) is 5.10 Å². The zero-order chi connectivity index (χ0) is 11.9. The fraction of sp³-hybridized carbons (Fsp3) is 0.364. The Morgan fingerprint density at radius 1 is 1.35 bits per heavy atom. The summed E-state index contributed by atoms with van der Waals surface area (Å²) < 4.78 is 24.7. The number of aromatic amines is 1. The molecule has 1 aromatic carbocycles. The Labute approximate surface area is 99.1 Å². The van der Waals surface area contributed by atoms with Gasteiger partial charge >= 0.3 is 0 Å². The van der Waals surface area contributed by atoms with Crippen molar-refractivity contribution in [2.45, 2.75) is 16.6 Å². The predicted octanol–water partition coefficient (Wildman–Crippen LogP) is 0.698. The summed E-state index contributed by atoms with van der Waals surface area (Å²) in [5.74, 6) is 0. The number of nitrogens with one attached hydrogen (secondary N) is 2. The van der Waals surface area contributed by atoms with E-state index in [1.54, 1.807) is 24.4 Å². The third-order valence-electron chi connectivity index (χ3n) is 3.19. The monoisotopic (exact) mass is 251 g/mol. The van der Waals surface area contributed by atoms with Crippen LogP contribution in [-0.2, 0) is 9.84 Å². The molecule has 2 heterocycles. The van der Waals surface area contributed by atoms with Gasteiger partial charge in [0.15, 0.2) is 9.84 Å². The van der Waals surface area contributed by atoms with Crippen LogP contribution in [0.2, 0.25) is 0 Å². The van der Waals surface area contributed by atoms with Crippen LogP contribution in [0.5, 0.6) is 0 Å². The highest BCUT2D eigenvalue weighted by atomic mass is 32.2. The molecule has 5 nitrogen and oxygen atoms in total. The van der Waals surface area contributed by atoms with E-state index in [9.17, 15) is 8.42 Å². The molecule has 17 heavy (non-hydrogen) atoms. The van der Waals surface area contributed by atoms with Gasteiger partial charge in [-0.3, -0.25) is 5.10 Å². The zero-order valence-electron chi connectivity index (χ0n) is 9.18. The molecule has 90 valence electrons. The molecular weight excluding hydrogens is 238 g/mol. The van der Waals surface area contributed by atoms with Crippen LogP contribution < -0.4 is 5.32 Å². The van der Waals surface area contributed by atoms with Gasteiger partial charge in [-0.15, -0.1) is 0 Å². The summed E-state index contributed by atoms with van der Waals surface area (Å²) in [7, 11) is -3.21. The summed E-state index contributed by atoms with van der Waals surface area (Å²) in [6.45, 7) is 1.32. The molecule has 6 heteroatoms. The van der Waals surface area contributed by atoms with Crippen molar-refractivity contribution in [2.24, 2.45) is 0 Å². The lowest BCUT2D eigenvalue weighted by atomic mass is 10.3. The third-order valence-corrected chi connectivity index (χ3v) is 5.39. The van der Waals surface area contributed by atoms with Crippen LogP contribution >= 0.6 is 0 Å². The number of hydrogen-bond acceptors (Lipinski definition) is 4. The standard InChI is InChI=1S/C11H13N3O2S/c15-17(16,10-3-4-12-7-10)9-1-2-11-8(5-9)6-13-14-11/h1-2,5-6,10,12H,3-4,7H2,(H,13,14)/t10-/m0/s1. The van der Waals surface area contributed by atoms with Crippen molar-refractivity contribution in [1.82, 2.24) is 15.5 Å². The molecular formula is C11H13N3O2S. The number of fused-ring (bicyclic) bond motifs is 1. The van der Waals surface area contributed by atoms with Gasteiger partial charge in [0, 0.05) is 11.9 Å². The van der Waals surface area contributed by atoms with E-state index in [1.807, 2.05) is 0 Å². The number of benzene rings is 1. The second-order valence-electron chi connectivity index (χ2n) is 4.28. The number of sulfone groups is 1. The average Bonchev–Trinajstić information content (AvgIpc) is 2.99. The van der Waals surface area contributed by atoms with E-state index in [0.29, 0.717) is 17.9 Å². The van der Waals surface area contributed by atoms with E-state index in [-0.39, 0.29) is 5.25 Å². The molecule has 0 unspecified atom stereocenters. The minimum absolute atomic E-state index is 0.299. The second kappa shape index (κ2) is 3.82. The van der Waals surface area contributed by atoms with Gasteiger partial charge in [0.2, 0.25) is 0 Å². The van der Waals surface area contributed by atoms with Crippen LogP contribution in [0.1, 0.15) is 6.42 Å². The lowest BCUT2D eigenvalue weighted by Crippen LogP contribution is -2.23. The highest BCUT2D eigenvalue weighted by Gasteiger charge is 2.30. The molecule has 2 aromatic rings. The van der Waals surface area contributed by atoms with Gasteiger partial charge in [-0.05, 0) is 31.2 Å². The van der Waals surface area contributed by atoms with Crippen molar-refractivity contribution in [3.8, 4) is 0 Å². The second-order valence-corrected chi connectivity index (χ2v) is 6.51. The molecule has 3 rings (SSSR count). The van der Waals surface area contributed by atoms with E-state index in [4.69, 9.17) is 0 Å². The molecule has 2 N–H and O–H groups in total. The van der Waals surface area contributed by atoms with Crippen LogP contribution in [0.4, 0.5) is 0 Å². The molecule has 0 bridgehead atoms. The van der Waals surface area contributed by atoms with Crippen molar-refractivity contribution in [3.63, 3.8) is 0 Å². The van der Waals surface area contributed by atoms with Crippen LogP contribution in [-0.4, -0.2) is 37.0 Å². The predicted molar refractivity (Wildman–Crippen MR) is 64.6 cm³/mol. The molecule has 1 saturated heterocycles. The average molecular weight is 251 g/mol. The van der Waals surface area contributed by atoms with E-state index >= 15 is 0 Å². The summed E-state index contributed by atoms with van der Waals surface area (Å²) in [6, 6.07) is 5.10. The quantitative estimate of drug-likeness (QED) is 0.824. The number of H-pyrrole nitrogens is 1. The smallest absolute Gasteiger partial charge is 0.182 e. The molecule has 1 atom stereocenters. The highest BCUT2D eigenvalue weighted by molar-refractivity contribution is 7.92. The fourth-order valence-corrected chi connectivity index (χ4v) is 3.88. The first-order valence-electron chi connectivity index (χ1n) is 5.56. The summed E-state index contributed by atoms with van der Waals surface area (Å²) in [5.41, 5.74) is 0.855. The topological polar surface area (TPSA) is 74.8 Å². The Balaban J connectivity index is 2.07. The summed E-state index contributed by atoms with van der Waals surface area (Å²) in [4.78, 5) is 0.389. The van der Waals surface area contributed by atoms with Crippen molar-refractivity contribution < 1.29 is 8.42 Å². The van der Waals surface area contributed by atoms with Gasteiger partial charge in [0.05, 0.1) is 21.9 Å². The summed E-state index contributed by atoms with van der Waals surface area (Å²) >= 11 is 0. The van der Waals surface area contributed by atoms with Gasteiger partial charge in [0.25, 0.3) is 0 Å². The Bertz CT molecular complexity index is 642. The van der Waals surface area contributed by atoms with Crippen LogP contribution in [0, 0.1) is 0 Å². The molecule has 0 aliphatic carbocycles. The molecule has 1 aromatic heterocycles. The number of nitrogens with zero attached hydrogens (tertiary/aromatic N) is 1. The first kappa shape index (κ1) is 10.7. The lowest BCUT2D eigenvalue weighted by molar-refractivity contribution is 0.583. The molecule has 0 spiro atoms. The van der Waals surface area contributed by atoms with Gasteiger partial charge in [-0.25, -0.2) is 8.42 Å². The zero-order valence-corrected chi connectivity index (χ0v) is 10.00. The Morgan fingerprint density at radius 2 is 2.24 bits per heavy atom. The van der Waals surface area contributed by atoms with E-state index in [0.717, 1.165) is 17.4 Å². The van der Waals surface area contributed by atoms with Crippen molar-refractivity contribution >= 4 is 20.7 Å². The minimum atomic E-state index is -3.21.